The fourth-order valence-electron chi connectivity index (χ4n) is 2.66. The van der Waals surface area contributed by atoms with Crippen LogP contribution in [-0.4, -0.2) is 33.7 Å². The van der Waals surface area contributed by atoms with Crippen molar-refractivity contribution < 1.29 is 17.9 Å². The third kappa shape index (κ3) is 5.47. The Labute approximate surface area is 161 Å². The second-order valence-electron chi connectivity index (χ2n) is 6.57. The van der Waals surface area contributed by atoms with Crippen molar-refractivity contribution in [1.29, 1.82) is 0 Å². The first kappa shape index (κ1) is 20.8. The van der Waals surface area contributed by atoms with Gasteiger partial charge in [-0.15, -0.1) is 0 Å². The minimum absolute atomic E-state index is 0.129. The molecule has 0 aromatic heterocycles. The van der Waals surface area contributed by atoms with E-state index in [-0.39, 0.29) is 11.9 Å². The zero-order valence-electron chi connectivity index (χ0n) is 16.3. The van der Waals surface area contributed by atoms with E-state index in [4.69, 9.17) is 4.74 Å². The monoisotopic (exact) mass is 390 g/mol. The molecule has 2 rings (SSSR count). The van der Waals surface area contributed by atoms with Crippen molar-refractivity contribution in [3.8, 4) is 5.75 Å². The van der Waals surface area contributed by atoms with Crippen molar-refractivity contribution in [1.82, 2.24) is 5.32 Å². The normalized spacial score (nSPS) is 13.5. The lowest BCUT2D eigenvalue weighted by Crippen LogP contribution is -2.38. The van der Waals surface area contributed by atoms with Crippen LogP contribution in [0.15, 0.2) is 48.5 Å². The number of hydrogen-bond donors (Lipinski definition) is 1. The molecular weight excluding hydrogens is 364 g/mol. The van der Waals surface area contributed by atoms with E-state index in [0.29, 0.717) is 11.4 Å². The molecule has 0 saturated heterocycles. The number of anilines is 1. The Morgan fingerprint density at radius 2 is 1.67 bits per heavy atom. The van der Waals surface area contributed by atoms with E-state index in [1.165, 1.54) is 11.4 Å². The molecule has 0 bridgehead atoms. The highest BCUT2D eigenvalue weighted by molar-refractivity contribution is 7.92. The van der Waals surface area contributed by atoms with Crippen molar-refractivity contribution in [2.45, 2.75) is 32.9 Å². The second-order valence-corrected chi connectivity index (χ2v) is 8.59. The smallest absolute Gasteiger partial charge is 0.261 e. The molecule has 7 heteroatoms. The molecule has 0 saturated carbocycles. The first-order chi connectivity index (χ1) is 12.6. The zero-order chi connectivity index (χ0) is 20.2. The molecule has 0 unspecified atom stereocenters. The Balaban J connectivity index is 1.99. The third-order valence-corrected chi connectivity index (χ3v) is 5.60. The molecule has 0 spiro atoms. The van der Waals surface area contributed by atoms with Gasteiger partial charge >= 0.3 is 0 Å². The van der Waals surface area contributed by atoms with Crippen LogP contribution in [0, 0.1) is 6.92 Å². The Bertz CT molecular complexity index is 894. The number of sulfonamides is 1. The van der Waals surface area contributed by atoms with E-state index in [2.05, 4.69) is 5.32 Å². The molecule has 6 nitrogen and oxygen atoms in total. The maximum Gasteiger partial charge on any atom is 0.261 e. The number of benzene rings is 2. The van der Waals surface area contributed by atoms with E-state index < -0.39 is 16.1 Å². The Kier molecular flexibility index (Phi) is 6.49. The Morgan fingerprint density at radius 1 is 1.07 bits per heavy atom. The van der Waals surface area contributed by atoms with Gasteiger partial charge in [0.1, 0.15) is 5.75 Å². The SMILES string of the molecule is Cc1ccccc1[C@@H](C)NC(=O)[C@H](C)Oc1ccc(N(C)S(C)(=O)=O)cc1. The van der Waals surface area contributed by atoms with Gasteiger partial charge in [0.05, 0.1) is 18.0 Å². The standard InChI is InChI=1S/C20H26N2O4S/c1-14-8-6-7-9-19(14)15(2)21-20(23)16(3)26-18-12-10-17(11-13-18)22(4)27(5,24)25/h6-13,15-16H,1-5H3,(H,21,23)/t15-,16+/m1/s1. The van der Waals surface area contributed by atoms with Crippen LogP contribution in [0.5, 0.6) is 5.75 Å². The van der Waals surface area contributed by atoms with Gasteiger partial charge in [-0.25, -0.2) is 8.42 Å². The summed E-state index contributed by atoms with van der Waals surface area (Å²) in [5, 5.41) is 2.96. The summed E-state index contributed by atoms with van der Waals surface area (Å²) < 4.78 is 30.0. The van der Waals surface area contributed by atoms with Gasteiger partial charge < -0.3 is 10.1 Å². The third-order valence-electron chi connectivity index (χ3n) is 4.39. The lowest BCUT2D eigenvalue weighted by atomic mass is 10.0. The van der Waals surface area contributed by atoms with Crippen LogP contribution in [0.3, 0.4) is 0 Å². The lowest BCUT2D eigenvalue weighted by Gasteiger charge is -2.21. The van der Waals surface area contributed by atoms with Gasteiger partial charge in [0.25, 0.3) is 5.91 Å². The molecule has 146 valence electrons. The molecule has 0 aliphatic rings. The summed E-state index contributed by atoms with van der Waals surface area (Å²) in [4.78, 5) is 12.4. The number of nitrogens with zero attached hydrogens (tertiary/aromatic N) is 1. The minimum Gasteiger partial charge on any atom is -0.481 e. The largest absolute Gasteiger partial charge is 0.481 e. The van der Waals surface area contributed by atoms with Crippen molar-refractivity contribution >= 4 is 21.6 Å². The van der Waals surface area contributed by atoms with E-state index in [1.54, 1.807) is 31.2 Å². The molecule has 27 heavy (non-hydrogen) atoms. The number of hydrogen-bond acceptors (Lipinski definition) is 4. The summed E-state index contributed by atoms with van der Waals surface area (Å²) in [6.07, 6.45) is 0.453. The van der Waals surface area contributed by atoms with E-state index in [1.807, 2.05) is 38.1 Å². The van der Waals surface area contributed by atoms with E-state index >= 15 is 0 Å². The molecule has 2 aromatic rings. The van der Waals surface area contributed by atoms with E-state index in [9.17, 15) is 13.2 Å². The number of aryl methyl sites for hydroxylation is 1. The number of nitrogens with one attached hydrogen (secondary N) is 1. The van der Waals surface area contributed by atoms with Crippen molar-refractivity contribution in [3.05, 3.63) is 59.7 Å². The molecule has 0 radical (unpaired) electrons. The van der Waals surface area contributed by atoms with Gasteiger partial charge in [0.2, 0.25) is 10.0 Å². The van der Waals surface area contributed by atoms with Crippen LogP contribution in [0.4, 0.5) is 5.69 Å². The van der Waals surface area contributed by atoms with Gasteiger partial charge in [0.15, 0.2) is 6.10 Å². The molecular formula is C20H26N2O4S. The number of carbonyl (C=O) groups is 1. The number of carbonyl (C=O) groups excluding carboxylic acids is 1. The maximum absolute atomic E-state index is 12.4. The highest BCUT2D eigenvalue weighted by Gasteiger charge is 2.19. The van der Waals surface area contributed by atoms with Gasteiger partial charge in [-0.05, 0) is 56.2 Å². The number of ether oxygens (including phenoxy) is 1. The second kappa shape index (κ2) is 8.43. The van der Waals surface area contributed by atoms with Crippen molar-refractivity contribution in [2.24, 2.45) is 0 Å². The summed E-state index contributed by atoms with van der Waals surface area (Å²) in [6, 6.07) is 14.3. The van der Waals surface area contributed by atoms with Crippen LogP contribution < -0.4 is 14.4 Å². The Morgan fingerprint density at radius 3 is 2.22 bits per heavy atom. The molecule has 1 N–H and O–H groups in total. The molecule has 0 heterocycles. The topological polar surface area (TPSA) is 75.7 Å². The molecule has 2 atom stereocenters. The molecule has 1 amide bonds. The summed E-state index contributed by atoms with van der Waals surface area (Å²) in [6.45, 7) is 5.62. The average Bonchev–Trinajstić information content (AvgIpc) is 2.61. The fourth-order valence-corrected chi connectivity index (χ4v) is 3.17. The van der Waals surface area contributed by atoms with Crippen LogP contribution in [0.2, 0.25) is 0 Å². The average molecular weight is 391 g/mol. The van der Waals surface area contributed by atoms with Crippen molar-refractivity contribution in [3.63, 3.8) is 0 Å². The van der Waals surface area contributed by atoms with Crippen molar-refractivity contribution in [2.75, 3.05) is 17.6 Å². The van der Waals surface area contributed by atoms with Gasteiger partial charge in [-0.1, -0.05) is 24.3 Å². The van der Waals surface area contributed by atoms with Gasteiger partial charge in [-0.3, -0.25) is 9.10 Å². The lowest BCUT2D eigenvalue weighted by molar-refractivity contribution is -0.127. The van der Waals surface area contributed by atoms with Crippen LogP contribution in [-0.2, 0) is 14.8 Å². The molecule has 0 aliphatic carbocycles. The predicted molar refractivity (Wildman–Crippen MR) is 108 cm³/mol. The first-order valence-electron chi connectivity index (χ1n) is 8.66. The molecule has 2 aromatic carbocycles. The first-order valence-corrected chi connectivity index (χ1v) is 10.5. The predicted octanol–water partition coefficient (Wildman–Crippen LogP) is 3.04. The summed E-state index contributed by atoms with van der Waals surface area (Å²) >= 11 is 0. The van der Waals surface area contributed by atoms with Crippen LogP contribution in [0.25, 0.3) is 0 Å². The maximum atomic E-state index is 12.4. The van der Waals surface area contributed by atoms with Gasteiger partial charge in [-0.2, -0.15) is 0 Å². The highest BCUT2D eigenvalue weighted by atomic mass is 32.2. The zero-order valence-corrected chi connectivity index (χ0v) is 17.1. The fraction of sp³-hybridized carbons (Fsp3) is 0.350. The number of amides is 1. The molecule has 0 aliphatic heterocycles. The van der Waals surface area contributed by atoms with Crippen LogP contribution >= 0.6 is 0 Å². The molecule has 0 fully saturated rings. The highest BCUT2D eigenvalue weighted by Crippen LogP contribution is 2.21. The minimum atomic E-state index is -3.32. The quantitative estimate of drug-likeness (QED) is 0.788. The summed E-state index contributed by atoms with van der Waals surface area (Å²) in [5.41, 5.74) is 2.70. The Hall–Kier alpha value is -2.54. The summed E-state index contributed by atoms with van der Waals surface area (Å²) in [7, 11) is -1.84. The van der Waals surface area contributed by atoms with E-state index in [0.717, 1.165) is 17.4 Å². The van der Waals surface area contributed by atoms with Gasteiger partial charge in [0, 0.05) is 7.05 Å². The summed E-state index contributed by atoms with van der Waals surface area (Å²) in [5.74, 6) is 0.273. The number of rotatable bonds is 7. The van der Waals surface area contributed by atoms with Crippen LogP contribution in [0.1, 0.15) is 31.0 Å².